The van der Waals surface area contributed by atoms with Crippen molar-refractivity contribution in [3.63, 3.8) is 0 Å². The molecule has 1 aromatic rings. The SMILES string of the molecule is COC(=O)C1=C(CN2CCC[C@@H](O)C2)N(C2CC2)C(=O)N[C@H]1c1ccccc1. The van der Waals surface area contributed by atoms with Gasteiger partial charge in [0.25, 0.3) is 0 Å². The second kappa shape index (κ2) is 7.93. The zero-order valence-corrected chi connectivity index (χ0v) is 16.1. The Bertz CT molecular complexity index is 775. The van der Waals surface area contributed by atoms with Gasteiger partial charge in [-0.15, -0.1) is 0 Å². The molecule has 2 atom stereocenters. The van der Waals surface area contributed by atoms with Gasteiger partial charge in [-0.3, -0.25) is 9.80 Å². The molecule has 2 heterocycles. The zero-order chi connectivity index (χ0) is 19.7. The summed E-state index contributed by atoms with van der Waals surface area (Å²) in [4.78, 5) is 29.7. The molecule has 3 aliphatic rings. The van der Waals surface area contributed by atoms with Gasteiger partial charge < -0.3 is 15.2 Å². The van der Waals surface area contributed by atoms with E-state index in [2.05, 4.69) is 10.2 Å². The van der Waals surface area contributed by atoms with Gasteiger partial charge in [0.2, 0.25) is 0 Å². The largest absolute Gasteiger partial charge is 0.466 e. The van der Waals surface area contributed by atoms with E-state index in [4.69, 9.17) is 4.74 Å². The molecule has 1 saturated carbocycles. The van der Waals surface area contributed by atoms with E-state index >= 15 is 0 Å². The summed E-state index contributed by atoms with van der Waals surface area (Å²) >= 11 is 0. The lowest BCUT2D eigenvalue weighted by molar-refractivity contribution is -0.136. The van der Waals surface area contributed by atoms with Crippen molar-refractivity contribution in [1.82, 2.24) is 15.1 Å². The number of hydrogen-bond acceptors (Lipinski definition) is 5. The number of carbonyl (C=O) groups excluding carboxylic acids is 2. The van der Waals surface area contributed by atoms with Crippen LogP contribution in [0.25, 0.3) is 0 Å². The van der Waals surface area contributed by atoms with Gasteiger partial charge in [-0.05, 0) is 37.8 Å². The van der Waals surface area contributed by atoms with Crippen LogP contribution < -0.4 is 5.32 Å². The zero-order valence-electron chi connectivity index (χ0n) is 16.1. The van der Waals surface area contributed by atoms with Gasteiger partial charge in [0, 0.05) is 24.8 Å². The van der Waals surface area contributed by atoms with Crippen molar-refractivity contribution in [2.75, 3.05) is 26.7 Å². The fourth-order valence-electron chi connectivity index (χ4n) is 4.19. The summed E-state index contributed by atoms with van der Waals surface area (Å²) in [6.45, 7) is 1.84. The quantitative estimate of drug-likeness (QED) is 0.756. The molecule has 0 spiro atoms. The number of aliphatic hydroxyl groups is 1. The molecule has 7 heteroatoms. The number of piperidine rings is 1. The average molecular weight is 385 g/mol. The summed E-state index contributed by atoms with van der Waals surface area (Å²) in [7, 11) is 1.37. The number of esters is 1. The van der Waals surface area contributed by atoms with Gasteiger partial charge in [-0.25, -0.2) is 9.59 Å². The van der Waals surface area contributed by atoms with E-state index in [0.717, 1.165) is 37.8 Å². The molecule has 0 unspecified atom stereocenters. The van der Waals surface area contributed by atoms with Crippen LogP contribution in [0, 0.1) is 0 Å². The molecule has 150 valence electrons. The number of likely N-dealkylation sites (tertiary alicyclic amines) is 1. The third kappa shape index (κ3) is 3.77. The first-order chi connectivity index (χ1) is 13.6. The van der Waals surface area contributed by atoms with Crippen LogP contribution in [0.4, 0.5) is 4.79 Å². The minimum atomic E-state index is -0.541. The van der Waals surface area contributed by atoms with Crippen molar-refractivity contribution in [2.24, 2.45) is 0 Å². The van der Waals surface area contributed by atoms with E-state index in [-0.39, 0.29) is 18.2 Å². The van der Waals surface area contributed by atoms with E-state index in [1.807, 2.05) is 30.3 Å². The maximum absolute atomic E-state index is 13.0. The van der Waals surface area contributed by atoms with E-state index < -0.39 is 12.0 Å². The molecule has 28 heavy (non-hydrogen) atoms. The molecule has 1 saturated heterocycles. The first-order valence-electron chi connectivity index (χ1n) is 9.95. The lowest BCUT2D eigenvalue weighted by Gasteiger charge is -2.40. The fraction of sp³-hybridized carbons (Fsp3) is 0.524. The average Bonchev–Trinajstić information content (AvgIpc) is 3.53. The van der Waals surface area contributed by atoms with Gasteiger partial charge in [0.15, 0.2) is 0 Å². The number of ether oxygens (including phenoxy) is 1. The number of benzene rings is 1. The predicted octanol–water partition coefficient (Wildman–Crippen LogP) is 1.80. The smallest absolute Gasteiger partial charge is 0.338 e. The molecule has 0 bridgehead atoms. The lowest BCUT2D eigenvalue weighted by atomic mass is 9.93. The molecule has 0 aromatic heterocycles. The van der Waals surface area contributed by atoms with Crippen LogP contribution >= 0.6 is 0 Å². The predicted molar refractivity (Wildman–Crippen MR) is 103 cm³/mol. The van der Waals surface area contributed by atoms with Gasteiger partial charge in [-0.2, -0.15) is 0 Å². The number of methoxy groups -OCH3 is 1. The van der Waals surface area contributed by atoms with Crippen molar-refractivity contribution < 1.29 is 19.4 Å². The monoisotopic (exact) mass is 385 g/mol. The summed E-state index contributed by atoms with van der Waals surface area (Å²) in [6.07, 6.45) is 3.19. The number of nitrogens with one attached hydrogen (secondary N) is 1. The summed E-state index contributed by atoms with van der Waals surface area (Å²) in [5.74, 6) is -0.424. The Labute approximate surface area is 164 Å². The van der Waals surface area contributed by atoms with Gasteiger partial charge in [0.05, 0.1) is 24.8 Å². The second-order valence-electron chi connectivity index (χ2n) is 7.78. The minimum Gasteiger partial charge on any atom is -0.466 e. The van der Waals surface area contributed by atoms with Gasteiger partial charge >= 0.3 is 12.0 Å². The van der Waals surface area contributed by atoms with Crippen LogP contribution in [-0.2, 0) is 9.53 Å². The van der Waals surface area contributed by atoms with Crippen LogP contribution in [0.3, 0.4) is 0 Å². The number of β-amino-alcohol motifs (C(OH)–C–C–N with tert-alkyl or cyclic N) is 1. The maximum atomic E-state index is 13.0. The van der Waals surface area contributed by atoms with Gasteiger partial charge in [0.1, 0.15) is 0 Å². The highest BCUT2D eigenvalue weighted by Crippen LogP contribution is 2.38. The normalized spacial score (nSPS) is 26.2. The number of aliphatic hydroxyl groups excluding tert-OH is 1. The standard InChI is InChI=1S/C21H27N3O4/c1-28-20(26)18-17(13-23-11-5-8-16(25)12-23)24(15-9-10-15)21(27)22-19(18)14-6-3-2-4-7-14/h2-4,6-7,15-16,19,25H,5,8-13H2,1H3,(H,22,27)/t16-,19+/m1/s1. The molecule has 4 rings (SSSR count). The molecule has 1 aliphatic carbocycles. The highest BCUT2D eigenvalue weighted by Gasteiger charge is 2.44. The van der Waals surface area contributed by atoms with E-state index in [1.54, 1.807) is 4.90 Å². The van der Waals surface area contributed by atoms with Crippen molar-refractivity contribution in [2.45, 2.75) is 43.9 Å². The highest BCUT2D eigenvalue weighted by molar-refractivity contribution is 5.95. The fourth-order valence-corrected chi connectivity index (χ4v) is 4.19. The molecule has 2 aliphatic heterocycles. The number of amides is 2. The highest BCUT2D eigenvalue weighted by atomic mass is 16.5. The summed E-state index contributed by atoms with van der Waals surface area (Å²) < 4.78 is 5.12. The van der Waals surface area contributed by atoms with Crippen LogP contribution in [0.2, 0.25) is 0 Å². The number of urea groups is 1. The number of carbonyl (C=O) groups is 2. The van der Waals surface area contributed by atoms with Crippen molar-refractivity contribution in [1.29, 1.82) is 0 Å². The molecular formula is C21H27N3O4. The summed E-state index contributed by atoms with van der Waals surface area (Å²) in [5, 5.41) is 13.1. The molecular weight excluding hydrogens is 358 g/mol. The van der Waals surface area contributed by atoms with E-state index in [9.17, 15) is 14.7 Å². The molecule has 2 N–H and O–H groups in total. The molecule has 1 aromatic carbocycles. The Kier molecular flexibility index (Phi) is 5.37. The Hall–Kier alpha value is -2.38. The molecule has 7 nitrogen and oxygen atoms in total. The first-order valence-corrected chi connectivity index (χ1v) is 9.95. The third-order valence-electron chi connectivity index (χ3n) is 5.68. The van der Waals surface area contributed by atoms with Crippen LogP contribution in [-0.4, -0.2) is 65.8 Å². The topological polar surface area (TPSA) is 82.1 Å². The third-order valence-corrected chi connectivity index (χ3v) is 5.68. The molecule has 2 amide bonds. The van der Waals surface area contributed by atoms with E-state index in [1.165, 1.54) is 7.11 Å². The van der Waals surface area contributed by atoms with Gasteiger partial charge in [-0.1, -0.05) is 30.3 Å². The Balaban J connectivity index is 1.77. The second-order valence-corrected chi connectivity index (χ2v) is 7.78. The molecule has 0 radical (unpaired) electrons. The van der Waals surface area contributed by atoms with Crippen molar-refractivity contribution in [3.8, 4) is 0 Å². The van der Waals surface area contributed by atoms with E-state index in [0.29, 0.717) is 24.4 Å². The van der Waals surface area contributed by atoms with Crippen LogP contribution in [0.15, 0.2) is 41.6 Å². The first kappa shape index (κ1) is 19.0. The van der Waals surface area contributed by atoms with Crippen LogP contribution in [0.5, 0.6) is 0 Å². The number of hydrogen-bond donors (Lipinski definition) is 2. The Morgan fingerprint density at radius 2 is 2.00 bits per heavy atom. The number of rotatable bonds is 5. The maximum Gasteiger partial charge on any atom is 0.338 e. The minimum absolute atomic E-state index is 0.126. The lowest BCUT2D eigenvalue weighted by Crippen LogP contribution is -2.52. The Morgan fingerprint density at radius 3 is 2.64 bits per heavy atom. The summed E-state index contributed by atoms with van der Waals surface area (Å²) in [6, 6.07) is 8.92. The van der Waals surface area contributed by atoms with Crippen molar-refractivity contribution in [3.05, 3.63) is 47.2 Å². The van der Waals surface area contributed by atoms with Crippen LogP contribution in [0.1, 0.15) is 37.3 Å². The summed E-state index contributed by atoms with van der Waals surface area (Å²) in [5.41, 5.74) is 2.05. The van der Waals surface area contributed by atoms with Crippen molar-refractivity contribution >= 4 is 12.0 Å². The number of nitrogens with zero attached hydrogens (tertiary/aromatic N) is 2. The molecule has 2 fully saturated rings. The Morgan fingerprint density at radius 1 is 1.25 bits per heavy atom.